The summed E-state index contributed by atoms with van der Waals surface area (Å²) in [5.74, 6) is -0.208. The van der Waals surface area contributed by atoms with Gasteiger partial charge in [0.05, 0.1) is 19.2 Å². The summed E-state index contributed by atoms with van der Waals surface area (Å²) in [7, 11) is 0. The van der Waals surface area contributed by atoms with Crippen LogP contribution in [0.1, 0.15) is 27.2 Å². The highest BCUT2D eigenvalue weighted by Gasteiger charge is 2.59. The first-order valence-corrected chi connectivity index (χ1v) is 5.72. The van der Waals surface area contributed by atoms with Crippen LogP contribution in [0.15, 0.2) is 0 Å². The maximum atomic E-state index is 12.0. The lowest BCUT2D eigenvalue weighted by Crippen LogP contribution is -2.71. The van der Waals surface area contributed by atoms with Crippen LogP contribution in [0.3, 0.4) is 0 Å². The molecule has 2 atom stereocenters. The largest absolute Gasteiger partial charge is 0.444 e. The number of nitrogens with zero attached hydrogens (tertiary/aromatic N) is 1. The third-order valence-corrected chi connectivity index (χ3v) is 3.06. The number of likely N-dealkylation sites (tertiary alicyclic amines) is 1. The van der Waals surface area contributed by atoms with E-state index < -0.39 is 23.3 Å². The van der Waals surface area contributed by atoms with Crippen molar-refractivity contribution >= 4 is 12.0 Å². The van der Waals surface area contributed by atoms with Gasteiger partial charge in [-0.25, -0.2) is 4.79 Å². The molecule has 1 unspecified atom stereocenters. The second-order valence-corrected chi connectivity index (χ2v) is 5.66. The van der Waals surface area contributed by atoms with E-state index in [4.69, 9.17) is 4.74 Å². The molecule has 2 saturated heterocycles. The third kappa shape index (κ3) is 1.97. The molecule has 0 aliphatic carbocycles. The molecule has 96 valence electrons. The molecule has 0 aromatic heterocycles. The Hall–Kier alpha value is -1.30. The number of hydrogen-bond acceptors (Lipinski definition) is 4. The minimum Gasteiger partial charge on any atom is -0.444 e. The van der Waals surface area contributed by atoms with E-state index in [2.05, 4.69) is 5.32 Å². The van der Waals surface area contributed by atoms with Gasteiger partial charge in [0.2, 0.25) is 5.91 Å². The number of rotatable bonds is 0. The summed E-state index contributed by atoms with van der Waals surface area (Å²) in [6.07, 6.45) is -0.907. The van der Waals surface area contributed by atoms with E-state index in [-0.39, 0.29) is 18.9 Å². The zero-order chi connectivity index (χ0) is 12.8. The van der Waals surface area contributed by atoms with Crippen molar-refractivity contribution in [3.05, 3.63) is 0 Å². The fraction of sp³-hybridized carbons (Fsp3) is 0.818. The summed E-state index contributed by atoms with van der Waals surface area (Å²) in [6, 6.07) is 0. The zero-order valence-electron chi connectivity index (χ0n) is 10.3. The fourth-order valence-corrected chi connectivity index (χ4v) is 2.26. The standard InChI is InChI=1S/C11H18N2O4/c1-10(2,3)17-9(16)13-5-7(14)4-11(13)6-12-8(11)15/h7,14H,4-6H2,1-3H3,(H,12,15)/t7-,11?/m1/s1. The maximum absolute atomic E-state index is 12.0. The Labute approximate surface area is 99.9 Å². The van der Waals surface area contributed by atoms with Crippen molar-refractivity contribution in [3.8, 4) is 0 Å². The van der Waals surface area contributed by atoms with Crippen LogP contribution in [0.4, 0.5) is 4.79 Å². The summed E-state index contributed by atoms with van der Waals surface area (Å²) in [4.78, 5) is 24.9. The molecule has 2 fully saturated rings. The van der Waals surface area contributed by atoms with Crippen LogP contribution in [0.2, 0.25) is 0 Å². The van der Waals surface area contributed by atoms with Crippen molar-refractivity contribution < 1.29 is 19.4 Å². The van der Waals surface area contributed by atoms with E-state index in [0.717, 1.165) is 0 Å². The summed E-state index contributed by atoms with van der Waals surface area (Å²) in [5.41, 5.74) is -1.49. The van der Waals surface area contributed by atoms with Crippen molar-refractivity contribution in [3.63, 3.8) is 0 Å². The van der Waals surface area contributed by atoms with Gasteiger partial charge in [-0.1, -0.05) is 0 Å². The Morgan fingerprint density at radius 3 is 2.65 bits per heavy atom. The molecule has 0 bridgehead atoms. The van der Waals surface area contributed by atoms with Crippen molar-refractivity contribution in [2.75, 3.05) is 13.1 Å². The molecule has 2 aliphatic heterocycles. The number of β-lactam (4-membered cyclic amide) rings is 1. The molecule has 2 N–H and O–H groups in total. The van der Waals surface area contributed by atoms with E-state index in [1.165, 1.54) is 4.90 Å². The number of hydrogen-bond donors (Lipinski definition) is 2. The SMILES string of the molecule is CC(C)(C)OC(=O)N1C[C@H](O)CC12CNC2=O. The minimum atomic E-state index is -0.887. The Morgan fingerprint density at radius 1 is 1.59 bits per heavy atom. The molecule has 2 amide bonds. The molecule has 2 rings (SSSR count). The van der Waals surface area contributed by atoms with Crippen LogP contribution in [-0.4, -0.2) is 52.3 Å². The average molecular weight is 242 g/mol. The summed E-state index contributed by atoms with van der Waals surface area (Å²) >= 11 is 0. The van der Waals surface area contributed by atoms with Crippen LogP contribution in [0.5, 0.6) is 0 Å². The summed E-state index contributed by atoms with van der Waals surface area (Å²) < 4.78 is 5.25. The highest BCUT2D eigenvalue weighted by molar-refractivity contribution is 5.96. The number of amides is 2. The van der Waals surface area contributed by atoms with E-state index in [9.17, 15) is 14.7 Å². The second-order valence-electron chi connectivity index (χ2n) is 5.66. The molecule has 0 aromatic rings. The minimum absolute atomic E-state index is 0.155. The van der Waals surface area contributed by atoms with Gasteiger partial charge in [-0.3, -0.25) is 9.69 Å². The lowest BCUT2D eigenvalue weighted by atomic mass is 9.88. The molecule has 6 nitrogen and oxygen atoms in total. The highest BCUT2D eigenvalue weighted by atomic mass is 16.6. The van der Waals surface area contributed by atoms with Gasteiger partial charge in [0, 0.05) is 6.42 Å². The molecule has 2 heterocycles. The van der Waals surface area contributed by atoms with Gasteiger partial charge in [-0.15, -0.1) is 0 Å². The lowest BCUT2D eigenvalue weighted by Gasteiger charge is -2.43. The second kappa shape index (κ2) is 3.60. The number of aliphatic hydroxyl groups is 1. The quantitative estimate of drug-likeness (QED) is 0.579. The van der Waals surface area contributed by atoms with Crippen LogP contribution < -0.4 is 5.32 Å². The Morgan fingerprint density at radius 2 is 2.24 bits per heavy atom. The third-order valence-electron chi connectivity index (χ3n) is 3.06. The Kier molecular flexibility index (Phi) is 2.57. The van der Waals surface area contributed by atoms with Crippen LogP contribution >= 0.6 is 0 Å². The lowest BCUT2D eigenvalue weighted by molar-refractivity contribution is -0.140. The van der Waals surface area contributed by atoms with Crippen molar-refractivity contribution in [1.29, 1.82) is 0 Å². The van der Waals surface area contributed by atoms with Crippen LogP contribution in [0.25, 0.3) is 0 Å². The molecule has 1 spiro atoms. The van der Waals surface area contributed by atoms with Gasteiger partial charge in [0.1, 0.15) is 11.1 Å². The predicted octanol–water partition coefficient (Wildman–Crippen LogP) is -0.143. The Bertz CT molecular complexity index is 363. The molecule has 6 heteroatoms. The fourth-order valence-electron chi connectivity index (χ4n) is 2.26. The van der Waals surface area contributed by atoms with E-state index in [0.29, 0.717) is 6.54 Å². The highest BCUT2D eigenvalue weighted by Crippen LogP contribution is 2.35. The van der Waals surface area contributed by atoms with Crippen LogP contribution in [-0.2, 0) is 9.53 Å². The Balaban J connectivity index is 2.14. The number of β-amino-alcohol motifs (C(OH)–C–C–N with tert-alkyl or cyclic N) is 1. The number of aliphatic hydroxyl groups excluding tert-OH is 1. The molecule has 17 heavy (non-hydrogen) atoms. The van der Waals surface area contributed by atoms with E-state index >= 15 is 0 Å². The van der Waals surface area contributed by atoms with Gasteiger partial charge in [0.15, 0.2) is 0 Å². The molecular formula is C11H18N2O4. The summed E-state index contributed by atoms with van der Waals surface area (Å²) in [5, 5.41) is 12.2. The first kappa shape index (κ1) is 12.2. The van der Waals surface area contributed by atoms with Crippen molar-refractivity contribution in [2.45, 2.75) is 44.4 Å². The number of nitrogens with one attached hydrogen (secondary N) is 1. The average Bonchev–Trinajstić information content (AvgIpc) is 2.53. The van der Waals surface area contributed by atoms with Gasteiger partial charge in [-0.05, 0) is 20.8 Å². The first-order valence-electron chi connectivity index (χ1n) is 5.72. The van der Waals surface area contributed by atoms with E-state index in [1.807, 2.05) is 0 Å². The zero-order valence-corrected chi connectivity index (χ0v) is 10.3. The van der Waals surface area contributed by atoms with Gasteiger partial charge in [0.25, 0.3) is 0 Å². The monoisotopic (exact) mass is 242 g/mol. The first-order chi connectivity index (χ1) is 7.74. The molecule has 2 aliphatic rings. The normalized spacial score (nSPS) is 32.4. The van der Waals surface area contributed by atoms with Crippen molar-refractivity contribution in [2.24, 2.45) is 0 Å². The molecule has 0 aromatic carbocycles. The van der Waals surface area contributed by atoms with Gasteiger partial charge in [-0.2, -0.15) is 0 Å². The molecular weight excluding hydrogens is 224 g/mol. The van der Waals surface area contributed by atoms with Gasteiger partial charge < -0.3 is 15.2 Å². The topological polar surface area (TPSA) is 78.9 Å². The van der Waals surface area contributed by atoms with E-state index in [1.54, 1.807) is 20.8 Å². The van der Waals surface area contributed by atoms with Crippen molar-refractivity contribution in [1.82, 2.24) is 10.2 Å². The molecule has 0 radical (unpaired) electrons. The predicted molar refractivity (Wildman–Crippen MR) is 59.3 cm³/mol. The number of ether oxygens (including phenoxy) is 1. The van der Waals surface area contributed by atoms with Crippen LogP contribution in [0, 0.1) is 0 Å². The number of carbonyl (C=O) groups is 2. The number of carbonyl (C=O) groups excluding carboxylic acids is 2. The van der Waals surface area contributed by atoms with Gasteiger partial charge >= 0.3 is 6.09 Å². The summed E-state index contributed by atoms with van der Waals surface area (Å²) in [6.45, 7) is 5.85. The maximum Gasteiger partial charge on any atom is 0.411 e. The molecule has 0 saturated carbocycles. The smallest absolute Gasteiger partial charge is 0.411 e.